The molecule has 0 spiro atoms. The number of anilines is 2. The number of ether oxygens (including phenoxy) is 2. The summed E-state index contributed by atoms with van der Waals surface area (Å²) in [4.78, 5) is 7.40. The average molecular weight is 333 g/mol. The van der Waals surface area contributed by atoms with Gasteiger partial charge in [0.15, 0.2) is 0 Å². The van der Waals surface area contributed by atoms with E-state index in [1.807, 2.05) is 0 Å². The molecule has 5 nitrogen and oxygen atoms in total. The largest absolute Gasteiger partial charge is 0.379 e. The number of hydrogen-bond donors (Lipinski definition) is 0. The Morgan fingerprint density at radius 3 is 2.08 bits per heavy atom. The van der Waals surface area contributed by atoms with Gasteiger partial charge in [-0.05, 0) is 38.1 Å². The number of nitrogens with zero attached hydrogens (tertiary/aromatic N) is 3. The van der Waals surface area contributed by atoms with Crippen LogP contribution in [0.3, 0.4) is 0 Å². The molecule has 0 N–H and O–H groups in total. The second-order valence-electron chi connectivity index (χ2n) is 6.86. The Labute approximate surface area is 146 Å². The molecule has 2 heterocycles. The average Bonchev–Trinajstić information content (AvgIpc) is 2.64. The highest BCUT2D eigenvalue weighted by Crippen LogP contribution is 2.23. The second kappa shape index (κ2) is 8.70. The van der Waals surface area contributed by atoms with E-state index in [2.05, 4.69) is 52.8 Å². The van der Waals surface area contributed by atoms with E-state index in [0.29, 0.717) is 6.04 Å². The van der Waals surface area contributed by atoms with Crippen molar-refractivity contribution in [2.24, 2.45) is 0 Å². The fraction of sp³-hybridized carbons (Fsp3) is 0.684. The molecule has 0 aliphatic carbocycles. The van der Waals surface area contributed by atoms with Gasteiger partial charge in [0.25, 0.3) is 0 Å². The van der Waals surface area contributed by atoms with Crippen LogP contribution >= 0.6 is 0 Å². The minimum Gasteiger partial charge on any atom is -0.379 e. The Bertz CT molecular complexity index is 480. The van der Waals surface area contributed by atoms with Crippen LogP contribution in [-0.4, -0.2) is 76.6 Å². The highest BCUT2D eigenvalue weighted by atomic mass is 16.5. The summed E-state index contributed by atoms with van der Waals surface area (Å²) in [6.07, 6.45) is 0. The van der Waals surface area contributed by atoms with Gasteiger partial charge in [0.1, 0.15) is 0 Å². The van der Waals surface area contributed by atoms with Crippen molar-refractivity contribution in [3.05, 3.63) is 24.3 Å². The standard InChI is InChI=1S/C19H31N3O2/c1-17(2)22(8-7-20-9-13-23-14-10-20)19-5-3-18(4-6-19)21-11-15-24-16-12-21/h3-6,17H,7-16H2,1-2H3. The van der Waals surface area contributed by atoms with E-state index < -0.39 is 0 Å². The number of benzene rings is 1. The molecule has 0 radical (unpaired) electrons. The summed E-state index contributed by atoms with van der Waals surface area (Å²) in [5.41, 5.74) is 2.62. The van der Waals surface area contributed by atoms with Crippen LogP contribution < -0.4 is 9.80 Å². The van der Waals surface area contributed by atoms with Crippen LogP contribution in [0.4, 0.5) is 11.4 Å². The molecule has 24 heavy (non-hydrogen) atoms. The van der Waals surface area contributed by atoms with E-state index >= 15 is 0 Å². The third-order valence-electron chi connectivity index (χ3n) is 4.94. The van der Waals surface area contributed by atoms with Gasteiger partial charge in [-0.15, -0.1) is 0 Å². The number of hydrogen-bond acceptors (Lipinski definition) is 5. The van der Waals surface area contributed by atoms with Crippen molar-refractivity contribution in [1.29, 1.82) is 0 Å². The lowest BCUT2D eigenvalue weighted by atomic mass is 10.2. The lowest BCUT2D eigenvalue weighted by molar-refractivity contribution is 0.0390. The molecule has 2 saturated heterocycles. The van der Waals surface area contributed by atoms with Crippen molar-refractivity contribution < 1.29 is 9.47 Å². The first-order valence-electron chi connectivity index (χ1n) is 9.23. The first-order valence-corrected chi connectivity index (χ1v) is 9.23. The highest BCUT2D eigenvalue weighted by Gasteiger charge is 2.16. The van der Waals surface area contributed by atoms with E-state index in [-0.39, 0.29) is 0 Å². The molecule has 0 amide bonds. The Hall–Kier alpha value is -1.30. The highest BCUT2D eigenvalue weighted by molar-refractivity contribution is 5.57. The molecule has 1 aromatic rings. The molecule has 0 saturated carbocycles. The zero-order valence-electron chi connectivity index (χ0n) is 15.1. The van der Waals surface area contributed by atoms with Gasteiger partial charge in [0, 0.05) is 56.7 Å². The zero-order chi connectivity index (χ0) is 16.8. The van der Waals surface area contributed by atoms with Gasteiger partial charge in [0.05, 0.1) is 26.4 Å². The third kappa shape index (κ3) is 4.62. The predicted molar refractivity (Wildman–Crippen MR) is 99.2 cm³/mol. The van der Waals surface area contributed by atoms with E-state index in [1.165, 1.54) is 11.4 Å². The Morgan fingerprint density at radius 1 is 0.917 bits per heavy atom. The van der Waals surface area contributed by atoms with Gasteiger partial charge in [-0.3, -0.25) is 4.90 Å². The van der Waals surface area contributed by atoms with Crippen molar-refractivity contribution in [2.75, 3.05) is 75.5 Å². The first kappa shape index (κ1) is 17.5. The molecule has 0 aromatic heterocycles. The van der Waals surface area contributed by atoms with Gasteiger partial charge < -0.3 is 19.3 Å². The molecule has 2 aliphatic heterocycles. The number of morpholine rings is 2. The fourth-order valence-electron chi connectivity index (χ4n) is 3.44. The summed E-state index contributed by atoms with van der Waals surface area (Å²) < 4.78 is 10.9. The van der Waals surface area contributed by atoms with Crippen LogP contribution in [0.2, 0.25) is 0 Å². The van der Waals surface area contributed by atoms with Gasteiger partial charge in [-0.1, -0.05) is 0 Å². The molecule has 3 rings (SSSR count). The monoisotopic (exact) mass is 333 g/mol. The van der Waals surface area contributed by atoms with E-state index in [1.54, 1.807) is 0 Å². The van der Waals surface area contributed by atoms with Crippen LogP contribution in [0.15, 0.2) is 24.3 Å². The maximum absolute atomic E-state index is 5.44. The molecule has 0 bridgehead atoms. The van der Waals surface area contributed by atoms with Crippen LogP contribution in [0.5, 0.6) is 0 Å². The molecular formula is C19H31N3O2. The fourth-order valence-corrected chi connectivity index (χ4v) is 3.44. The second-order valence-corrected chi connectivity index (χ2v) is 6.86. The molecule has 0 unspecified atom stereocenters. The van der Waals surface area contributed by atoms with Crippen molar-refractivity contribution >= 4 is 11.4 Å². The van der Waals surface area contributed by atoms with Crippen LogP contribution in [0, 0.1) is 0 Å². The molecule has 2 fully saturated rings. The SMILES string of the molecule is CC(C)N(CCN1CCOCC1)c1ccc(N2CCOCC2)cc1. The van der Waals surface area contributed by atoms with Crippen molar-refractivity contribution in [1.82, 2.24) is 4.90 Å². The molecule has 134 valence electrons. The van der Waals surface area contributed by atoms with Gasteiger partial charge in [-0.2, -0.15) is 0 Å². The Kier molecular flexibility index (Phi) is 6.35. The van der Waals surface area contributed by atoms with Crippen LogP contribution in [-0.2, 0) is 9.47 Å². The lowest BCUT2D eigenvalue weighted by Gasteiger charge is -2.34. The molecule has 1 aromatic carbocycles. The predicted octanol–water partition coefficient (Wildman–Crippen LogP) is 2.07. The summed E-state index contributed by atoms with van der Waals surface area (Å²) in [5, 5.41) is 0. The normalized spacial score (nSPS) is 19.7. The zero-order valence-corrected chi connectivity index (χ0v) is 15.1. The third-order valence-corrected chi connectivity index (χ3v) is 4.94. The summed E-state index contributed by atoms with van der Waals surface area (Å²) in [6, 6.07) is 9.55. The smallest absolute Gasteiger partial charge is 0.0642 e. The molecule has 2 aliphatic rings. The summed E-state index contributed by atoms with van der Waals surface area (Å²) >= 11 is 0. The summed E-state index contributed by atoms with van der Waals surface area (Å²) in [6.45, 7) is 14.2. The summed E-state index contributed by atoms with van der Waals surface area (Å²) in [5.74, 6) is 0. The van der Waals surface area contributed by atoms with Crippen molar-refractivity contribution in [3.8, 4) is 0 Å². The maximum atomic E-state index is 5.44. The van der Waals surface area contributed by atoms with Crippen LogP contribution in [0.25, 0.3) is 0 Å². The maximum Gasteiger partial charge on any atom is 0.0642 e. The minimum atomic E-state index is 0.500. The van der Waals surface area contributed by atoms with E-state index in [9.17, 15) is 0 Å². The van der Waals surface area contributed by atoms with Crippen molar-refractivity contribution in [3.63, 3.8) is 0 Å². The summed E-state index contributed by atoms with van der Waals surface area (Å²) in [7, 11) is 0. The van der Waals surface area contributed by atoms with Gasteiger partial charge in [-0.25, -0.2) is 0 Å². The number of rotatable bonds is 6. The first-order chi connectivity index (χ1) is 11.7. The molecule has 5 heteroatoms. The van der Waals surface area contributed by atoms with Crippen molar-refractivity contribution in [2.45, 2.75) is 19.9 Å². The van der Waals surface area contributed by atoms with Gasteiger partial charge >= 0.3 is 0 Å². The molecular weight excluding hydrogens is 302 g/mol. The topological polar surface area (TPSA) is 28.2 Å². The quantitative estimate of drug-likeness (QED) is 0.795. The van der Waals surface area contributed by atoms with E-state index in [0.717, 1.165) is 65.7 Å². The lowest BCUT2D eigenvalue weighted by Crippen LogP contribution is -2.43. The Balaban J connectivity index is 1.60. The van der Waals surface area contributed by atoms with Gasteiger partial charge in [0.2, 0.25) is 0 Å². The molecule has 0 atom stereocenters. The van der Waals surface area contributed by atoms with Crippen LogP contribution in [0.1, 0.15) is 13.8 Å². The minimum absolute atomic E-state index is 0.500. The van der Waals surface area contributed by atoms with E-state index in [4.69, 9.17) is 9.47 Å². The Morgan fingerprint density at radius 2 is 1.50 bits per heavy atom.